The van der Waals surface area contributed by atoms with Gasteiger partial charge in [0.2, 0.25) is 5.91 Å². The quantitative estimate of drug-likeness (QED) is 0.870. The summed E-state index contributed by atoms with van der Waals surface area (Å²) in [7, 11) is 1.38. The zero-order valence-electron chi connectivity index (χ0n) is 12.4. The smallest absolute Gasteiger partial charge is 0.337 e. The van der Waals surface area contributed by atoms with Crippen molar-refractivity contribution in [1.82, 2.24) is 5.32 Å². The Balaban J connectivity index is 1.75. The maximum absolute atomic E-state index is 12.3. The molecule has 0 unspecified atom stereocenters. The number of carbonyl (C=O) groups excluding carboxylic acids is 2. The highest BCUT2D eigenvalue weighted by molar-refractivity contribution is 5.89. The van der Waals surface area contributed by atoms with Crippen LogP contribution in [0.5, 0.6) is 0 Å². The fraction of sp³-hybridized carbons (Fsp3) is 0.529. The van der Waals surface area contributed by atoms with Gasteiger partial charge in [-0.2, -0.15) is 0 Å². The van der Waals surface area contributed by atoms with Gasteiger partial charge in [-0.25, -0.2) is 4.79 Å². The van der Waals surface area contributed by atoms with Crippen molar-refractivity contribution in [2.75, 3.05) is 7.11 Å². The normalized spacial score (nSPS) is 21.1. The van der Waals surface area contributed by atoms with Gasteiger partial charge in [0, 0.05) is 5.92 Å². The van der Waals surface area contributed by atoms with E-state index in [4.69, 9.17) is 4.74 Å². The summed E-state index contributed by atoms with van der Waals surface area (Å²) in [6.07, 6.45) is 6.20. The maximum atomic E-state index is 12.3. The third-order valence-electron chi connectivity index (χ3n) is 4.69. The molecule has 2 aliphatic rings. The van der Waals surface area contributed by atoms with Gasteiger partial charge in [-0.05, 0) is 48.9 Å². The molecule has 112 valence electrons. The van der Waals surface area contributed by atoms with E-state index in [0.717, 1.165) is 44.1 Å². The highest BCUT2D eigenvalue weighted by atomic mass is 16.5. The molecule has 2 aliphatic carbocycles. The number of rotatable bonds is 3. The molecule has 3 rings (SSSR count). The number of benzene rings is 1. The van der Waals surface area contributed by atoms with Crippen LogP contribution < -0.4 is 5.32 Å². The summed E-state index contributed by atoms with van der Waals surface area (Å²) in [4.78, 5) is 23.9. The molecule has 0 heterocycles. The Morgan fingerprint density at radius 2 is 1.95 bits per heavy atom. The molecule has 0 aliphatic heterocycles. The number of aryl methyl sites for hydroxylation is 1. The van der Waals surface area contributed by atoms with Gasteiger partial charge in [-0.15, -0.1) is 0 Å². The fourth-order valence-corrected chi connectivity index (χ4v) is 3.47. The molecule has 1 aromatic carbocycles. The predicted molar refractivity (Wildman–Crippen MR) is 78.9 cm³/mol. The monoisotopic (exact) mass is 287 g/mol. The zero-order chi connectivity index (χ0) is 14.8. The highest BCUT2D eigenvalue weighted by Crippen LogP contribution is 2.33. The Bertz CT molecular complexity index is 561. The van der Waals surface area contributed by atoms with Crippen molar-refractivity contribution in [1.29, 1.82) is 0 Å². The van der Waals surface area contributed by atoms with Crippen LogP contribution in [-0.4, -0.2) is 19.0 Å². The van der Waals surface area contributed by atoms with Crippen molar-refractivity contribution < 1.29 is 14.3 Å². The second-order valence-electron chi connectivity index (χ2n) is 5.99. The summed E-state index contributed by atoms with van der Waals surface area (Å²) < 4.78 is 4.77. The molecule has 1 amide bonds. The molecular weight excluding hydrogens is 266 g/mol. The van der Waals surface area contributed by atoms with Crippen molar-refractivity contribution in [3.05, 3.63) is 34.9 Å². The van der Waals surface area contributed by atoms with Gasteiger partial charge in [0.05, 0.1) is 18.7 Å². The van der Waals surface area contributed by atoms with E-state index in [2.05, 4.69) is 5.32 Å². The van der Waals surface area contributed by atoms with E-state index in [0.29, 0.717) is 5.56 Å². The Morgan fingerprint density at radius 1 is 1.19 bits per heavy atom. The molecule has 1 aromatic rings. The molecule has 1 fully saturated rings. The van der Waals surface area contributed by atoms with Gasteiger partial charge in [0.25, 0.3) is 0 Å². The van der Waals surface area contributed by atoms with Crippen LogP contribution in [0, 0.1) is 5.92 Å². The molecule has 1 atom stereocenters. The lowest BCUT2D eigenvalue weighted by atomic mass is 10.0. The first kappa shape index (κ1) is 14.1. The molecule has 0 aromatic heterocycles. The van der Waals surface area contributed by atoms with Gasteiger partial charge in [0.1, 0.15) is 0 Å². The van der Waals surface area contributed by atoms with Crippen LogP contribution in [0.2, 0.25) is 0 Å². The molecular formula is C17H21NO3. The molecule has 0 spiro atoms. The number of carbonyl (C=O) groups is 2. The van der Waals surface area contributed by atoms with E-state index in [9.17, 15) is 9.59 Å². The first-order valence-corrected chi connectivity index (χ1v) is 7.70. The molecule has 0 bridgehead atoms. The van der Waals surface area contributed by atoms with Gasteiger partial charge in [0.15, 0.2) is 0 Å². The van der Waals surface area contributed by atoms with Crippen molar-refractivity contribution in [2.45, 2.75) is 44.6 Å². The van der Waals surface area contributed by atoms with E-state index < -0.39 is 0 Å². The summed E-state index contributed by atoms with van der Waals surface area (Å²) in [6, 6.07) is 5.68. The molecule has 1 saturated carbocycles. The topological polar surface area (TPSA) is 55.4 Å². The van der Waals surface area contributed by atoms with Crippen molar-refractivity contribution in [2.24, 2.45) is 5.92 Å². The minimum Gasteiger partial charge on any atom is -0.465 e. The first-order chi connectivity index (χ1) is 10.2. The van der Waals surface area contributed by atoms with Crippen molar-refractivity contribution >= 4 is 11.9 Å². The Kier molecular flexibility index (Phi) is 3.95. The Labute approximate surface area is 124 Å². The molecule has 4 nitrogen and oxygen atoms in total. The van der Waals surface area contributed by atoms with Crippen LogP contribution in [0.15, 0.2) is 18.2 Å². The third-order valence-corrected chi connectivity index (χ3v) is 4.69. The van der Waals surface area contributed by atoms with Crippen LogP contribution in [-0.2, 0) is 16.0 Å². The van der Waals surface area contributed by atoms with E-state index in [1.54, 1.807) is 6.07 Å². The number of nitrogens with one attached hydrogen (secondary N) is 1. The summed E-state index contributed by atoms with van der Waals surface area (Å²) in [5.74, 6) is 0.0252. The van der Waals surface area contributed by atoms with Crippen molar-refractivity contribution in [3.8, 4) is 0 Å². The molecule has 0 saturated heterocycles. The van der Waals surface area contributed by atoms with E-state index in [-0.39, 0.29) is 23.8 Å². The van der Waals surface area contributed by atoms with Crippen LogP contribution in [0.1, 0.15) is 59.6 Å². The lowest BCUT2D eigenvalue weighted by molar-refractivity contribution is -0.125. The Hall–Kier alpha value is -1.84. The maximum Gasteiger partial charge on any atom is 0.337 e. The largest absolute Gasteiger partial charge is 0.465 e. The number of hydrogen-bond donors (Lipinski definition) is 1. The molecule has 21 heavy (non-hydrogen) atoms. The van der Waals surface area contributed by atoms with Crippen LogP contribution in [0.25, 0.3) is 0 Å². The third kappa shape index (κ3) is 2.80. The second kappa shape index (κ2) is 5.88. The van der Waals surface area contributed by atoms with Gasteiger partial charge < -0.3 is 10.1 Å². The minimum absolute atomic E-state index is 0.0395. The second-order valence-corrected chi connectivity index (χ2v) is 5.99. The van der Waals surface area contributed by atoms with E-state index in [1.807, 2.05) is 12.1 Å². The molecule has 1 N–H and O–H groups in total. The standard InChI is InChI=1S/C17H21NO3/c1-21-17(20)13-7-6-11-8-9-15(14(11)10-13)18-16(19)12-4-2-3-5-12/h6-7,10,12,15H,2-5,8-9H2,1H3,(H,18,19)/t15-/m1/s1. The van der Waals surface area contributed by atoms with Gasteiger partial charge in [-0.3, -0.25) is 4.79 Å². The van der Waals surface area contributed by atoms with Crippen LogP contribution >= 0.6 is 0 Å². The summed E-state index contributed by atoms with van der Waals surface area (Å²) in [5.41, 5.74) is 2.85. The van der Waals surface area contributed by atoms with Gasteiger partial charge in [-0.1, -0.05) is 18.9 Å². The SMILES string of the molecule is COC(=O)c1ccc2c(c1)[C@H](NC(=O)C1CCCC1)CC2. The molecule has 4 heteroatoms. The summed E-state index contributed by atoms with van der Waals surface area (Å²) in [5, 5.41) is 3.17. The number of amides is 1. The lowest BCUT2D eigenvalue weighted by Gasteiger charge is -2.17. The summed E-state index contributed by atoms with van der Waals surface area (Å²) in [6.45, 7) is 0. The fourth-order valence-electron chi connectivity index (χ4n) is 3.47. The lowest BCUT2D eigenvalue weighted by Crippen LogP contribution is -2.32. The predicted octanol–water partition coefficient (Wildman–Crippen LogP) is 2.77. The average molecular weight is 287 g/mol. The van der Waals surface area contributed by atoms with Crippen LogP contribution in [0.4, 0.5) is 0 Å². The number of hydrogen-bond acceptors (Lipinski definition) is 3. The van der Waals surface area contributed by atoms with E-state index >= 15 is 0 Å². The number of fused-ring (bicyclic) bond motifs is 1. The number of ether oxygens (including phenoxy) is 1. The van der Waals surface area contributed by atoms with Crippen LogP contribution in [0.3, 0.4) is 0 Å². The van der Waals surface area contributed by atoms with Gasteiger partial charge >= 0.3 is 5.97 Å². The number of esters is 1. The van der Waals surface area contributed by atoms with E-state index in [1.165, 1.54) is 12.7 Å². The number of methoxy groups -OCH3 is 1. The molecule has 0 radical (unpaired) electrons. The average Bonchev–Trinajstić information content (AvgIpc) is 3.16. The zero-order valence-corrected chi connectivity index (χ0v) is 12.4. The summed E-state index contributed by atoms with van der Waals surface area (Å²) >= 11 is 0. The Morgan fingerprint density at radius 3 is 2.67 bits per heavy atom. The first-order valence-electron chi connectivity index (χ1n) is 7.70. The minimum atomic E-state index is -0.328. The van der Waals surface area contributed by atoms with Crippen molar-refractivity contribution in [3.63, 3.8) is 0 Å². The highest BCUT2D eigenvalue weighted by Gasteiger charge is 2.29.